The Balaban J connectivity index is 2.52. The summed E-state index contributed by atoms with van der Waals surface area (Å²) in [5.74, 6) is -1.15. The zero-order valence-corrected chi connectivity index (χ0v) is 12.0. The third-order valence-electron chi connectivity index (χ3n) is 3.14. The maximum absolute atomic E-state index is 11.7. The summed E-state index contributed by atoms with van der Waals surface area (Å²) in [5, 5.41) is 14.2. The lowest BCUT2D eigenvalue weighted by atomic mass is 9.99. The van der Waals surface area contributed by atoms with Crippen LogP contribution in [0.2, 0.25) is 0 Å². The summed E-state index contributed by atoms with van der Waals surface area (Å²) in [5.41, 5.74) is 1.60. The number of amides is 2. The van der Waals surface area contributed by atoms with E-state index < -0.39 is 18.0 Å². The Morgan fingerprint density at radius 3 is 2.65 bits per heavy atom. The molecule has 1 aromatic heterocycles. The van der Waals surface area contributed by atoms with Crippen molar-refractivity contribution in [3.05, 3.63) is 29.6 Å². The SMILES string of the molecule is CCC(C)C(NC(=O)NCc1cccc(C)n1)C(=O)O. The van der Waals surface area contributed by atoms with Gasteiger partial charge in [0.2, 0.25) is 0 Å². The number of carboxylic acid groups (broad SMARTS) is 1. The lowest BCUT2D eigenvalue weighted by Gasteiger charge is -2.20. The van der Waals surface area contributed by atoms with Gasteiger partial charge in [0, 0.05) is 5.69 Å². The molecule has 0 aliphatic heterocycles. The molecule has 1 heterocycles. The molecule has 20 heavy (non-hydrogen) atoms. The van der Waals surface area contributed by atoms with Gasteiger partial charge in [-0.25, -0.2) is 9.59 Å². The van der Waals surface area contributed by atoms with Gasteiger partial charge in [-0.15, -0.1) is 0 Å². The van der Waals surface area contributed by atoms with E-state index in [9.17, 15) is 9.59 Å². The van der Waals surface area contributed by atoms with E-state index in [2.05, 4.69) is 15.6 Å². The molecule has 6 heteroatoms. The van der Waals surface area contributed by atoms with Crippen LogP contribution >= 0.6 is 0 Å². The van der Waals surface area contributed by atoms with Crippen LogP contribution in [-0.2, 0) is 11.3 Å². The number of hydrogen-bond donors (Lipinski definition) is 3. The number of aryl methyl sites for hydroxylation is 1. The molecule has 0 saturated carbocycles. The number of carboxylic acids is 1. The van der Waals surface area contributed by atoms with Gasteiger partial charge in [0.05, 0.1) is 12.2 Å². The Morgan fingerprint density at radius 1 is 1.40 bits per heavy atom. The highest BCUT2D eigenvalue weighted by Gasteiger charge is 2.25. The van der Waals surface area contributed by atoms with Crippen molar-refractivity contribution < 1.29 is 14.7 Å². The quantitative estimate of drug-likeness (QED) is 0.739. The Hall–Kier alpha value is -2.11. The Morgan fingerprint density at radius 2 is 2.10 bits per heavy atom. The molecule has 1 rings (SSSR count). The van der Waals surface area contributed by atoms with E-state index in [1.807, 2.05) is 26.0 Å². The first kappa shape index (κ1) is 15.9. The number of aliphatic carboxylic acids is 1. The van der Waals surface area contributed by atoms with Gasteiger partial charge in [0.1, 0.15) is 6.04 Å². The van der Waals surface area contributed by atoms with Crippen LogP contribution in [0.15, 0.2) is 18.2 Å². The number of aromatic nitrogens is 1. The number of pyridine rings is 1. The zero-order chi connectivity index (χ0) is 15.1. The highest BCUT2D eigenvalue weighted by Crippen LogP contribution is 2.07. The minimum absolute atomic E-state index is 0.129. The number of nitrogens with zero attached hydrogens (tertiary/aromatic N) is 1. The predicted octanol–water partition coefficient (Wildman–Crippen LogP) is 1.69. The Kier molecular flexibility index (Phi) is 5.96. The van der Waals surface area contributed by atoms with Gasteiger partial charge >= 0.3 is 12.0 Å². The molecule has 0 saturated heterocycles. The van der Waals surface area contributed by atoms with Crippen LogP contribution in [0.3, 0.4) is 0 Å². The number of carbonyl (C=O) groups is 2. The van der Waals surface area contributed by atoms with E-state index in [1.165, 1.54) is 0 Å². The maximum Gasteiger partial charge on any atom is 0.326 e. The molecular formula is C14H21N3O3. The predicted molar refractivity (Wildman–Crippen MR) is 75.2 cm³/mol. The van der Waals surface area contributed by atoms with Gasteiger partial charge < -0.3 is 15.7 Å². The molecule has 3 N–H and O–H groups in total. The van der Waals surface area contributed by atoms with Crippen LogP contribution < -0.4 is 10.6 Å². The standard InChI is InChI=1S/C14H21N3O3/c1-4-9(2)12(13(18)19)17-14(20)15-8-11-7-5-6-10(3)16-11/h5-7,9,12H,4,8H2,1-3H3,(H,18,19)(H2,15,17,20). The topological polar surface area (TPSA) is 91.3 Å². The fourth-order valence-electron chi connectivity index (χ4n) is 1.74. The summed E-state index contributed by atoms with van der Waals surface area (Å²) < 4.78 is 0. The van der Waals surface area contributed by atoms with E-state index in [4.69, 9.17) is 5.11 Å². The van der Waals surface area contributed by atoms with E-state index in [-0.39, 0.29) is 12.5 Å². The Bertz CT molecular complexity index is 476. The van der Waals surface area contributed by atoms with Gasteiger partial charge in [-0.1, -0.05) is 26.3 Å². The molecular weight excluding hydrogens is 258 g/mol. The minimum atomic E-state index is -1.02. The second-order valence-corrected chi connectivity index (χ2v) is 4.80. The van der Waals surface area contributed by atoms with Crippen LogP contribution in [0, 0.1) is 12.8 Å². The highest BCUT2D eigenvalue weighted by atomic mass is 16.4. The van der Waals surface area contributed by atoms with Crippen molar-refractivity contribution in [2.24, 2.45) is 5.92 Å². The first-order valence-corrected chi connectivity index (χ1v) is 6.63. The van der Waals surface area contributed by atoms with Crippen molar-refractivity contribution in [2.45, 2.75) is 39.8 Å². The number of nitrogens with one attached hydrogen (secondary N) is 2. The number of hydrogen-bond acceptors (Lipinski definition) is 3. The van der Waals surface area contributed by atoms with Crippen molar-refractivity contribution >= 4 is 12.0 Å². The third-order valence-corrected chi connectivity index (χ3v) is 3.14. The van der Waals surface area contributed by atoms with Gasteiger partial charge in [-0.3, -0.25) is 4.98 Å². The van der Waals surface area contributed by atoms with E-state index in [0.29, 0.717) is 6.42 Å². The van der Waals surface area contributed by atoms with Crippen LogP contribution in [0.4, 0.5) is 4.79 Å². The molecule has 0 aromatic carbocycles. The summed E-state index contributed by atoms with van der Waals surface area (Å²) in [4.78, 5) is 27.1. The highest BCUT2D eigenvalue weighted by molar-refractivity contribution is 5.82. The summed E-state index contributed by atoms with van der Waals surface area (Å²) in [6, 6.07) is 4.14. The fourth-order valence-corrected chi connectivity index (χ4v) is 1.74. The van der Waals surface area contributed by atoms with Crippen LogP contribution in [0.25, 0.3) is 0 Å². The van der Waals surface area contributed by atoms with Gasteiger partial charge in [-0.2, -0.15) is 0 Å². The van der Waals surface area contributed by atoms with Crippen molar-refractivity contribution in [3.8, 4) is 0 Å². The van der Waals surface area contributed by atoms with Crippen LogP contribution in [-0.4, -0.2) is 28.1 Å². The molecule has 0 aliphatic rings. The summed E-state index contributed by atoms with van der Waals surface area (Å²) >= 11 is 0. The first-order valence-electron chi connectivity index (χ1n) is 6.63. The monoisotopic (exact) mass is 279 g/mol. The van der Waals surface area contributed by atoms with Gasteiger partial charge in [0.15, 0.2) is 0 Å². The van der Waals surface area contributed by atoms with Crippen LogP contribution in [0.5, 0.6) is 0 Å². The maximum atomic E-state index is 11.7. The molecule has 2 amide bonds. The molecule has 0 radical (unpaired) electrons. The van der Waals surface area contributed by atoms with Gasteiger partial charge in [-0.05, 0) is 25.0 Å². The Labute approximate surface area is 118 Å². The summed E-state index contributed by atoms with van der Waals surface area (Å²) in [6.45, 7) is 5.81. The second kappa shape index (κ2) is 7.47. The van der Waals surface area contributed by atoms with Gasteiger partial charge in [0.25, 0.3) is 0 Å². The van der Waals surface area contributed by atoms with Crippen molar-refractivity contribution in [2.75, 3.05) is 0 Å². The lowest BCUT2D eigenvalue weighted by molar-refractivity contribution is -0.140. The van der Waals surface area contributed by atoms with Crippen molar-refractivity contribution in [1.29, 1.82) is 0 Å². The minimum Gasteiger partial charge on any atom is -0.480 e. The zero-order valence-electron chi connectivity index (χ0n) is 12.0. The molecule has 110 valence electrons. The van der Waals surface area contributed by atoms with E-state index in [0.717, 1.165) is 11.4 Å². The fraction of sp³-hybridized carbons (Fsp3) is 0.500. The number of urea groups is 1. The lowest BCUT2D eigenvalue weighted by Crippen LogP contribution is -2.48. The molecule has 0 fully saturated rings. The molecule has 6 nitrogen and oxygen atoms in total. The smallest absolute Gasteiger partial charge is 0.326 e. The molecule has 2 atom stereocenters. The second-order valence-electron chi connectivity index (χ2n) is 4.80. The molecule has 0 spiro atoms. The van der Waals surface area contributed by atoms with E-state index in [1.54, 1.807) is 13.0 Å². The number of rotatable bonds is 6. The van der Waals surface area contributed by atoms with Crippen LogP contribution in [0.1, 0.15) is 31.7 Å². The average molecular weight is 279 g/mol. The normalized spacial score (nSPS) is 13.3. The molecule has 1 aromatic rings. The van der Waals surface area contributed by atoms with Crippen molar-refractivity contribution in [3.63, 3.8) is 0 Å². The first-order chi connectivity index (χ1) is 9.43. The molecule has 0 bridgehead atoms. The number of carbonyl (C=O) groups excluding carboxylic acids is 1. The van der Waals surface area contributed by atoms with E-state index >= 15 is 0 Å². The summed E-state index contributed by atoms with van der Waals surface area (Å²) in [7, 11) is 0. The summed E-state index contributed by atoms with van der Waals surface area (Å²) in [6.07, 6.45) is 0.677. The third kappa shape index (κ3) is 4.87. The van der Waals surface area contributed by atoms with Crippen molar-refractivity contribution in [1.82, 2.24) is 15.6 Å². The molecule has 0 aliphatic carbocycles. The molecule has 2 unspecified atom stereocenters. The average Bonchev–Trinajstić information content (AvgIpc) is 2.41. The largest absolute Gasteiger partial charge is 0.480 e.